The van der Waals surface area contributed by atoms with Gasteiger partial charge in [0.05, 0.1) is 0 Å². The molecule has 1 heterocycles. The molecule has 2 aromatic rings. The summed E-state index contributed by atoms with van der Waals surface area (Å²) < 4.78 is 0. The van der Waals surface area contributed by atoms with Crippen LogP contribution in [0.15, 0.2) is 29.6 Å². The molecule has 1 aromatic heterocycles. The maximum atomic E-state index is 10.4. The van der Waals surface area contributed by atoms with Crippen LogP contribution in [0, 0.1) is 0 Å². The lowest BCUT2D eigenvalue weighted by Crippen LogP contribution is -1.79. The van der Waals surface area contributed by atoms with Crippen LogP contribution in [0.2, 0.25) is 5.02 Å². The summed E-state index contributed by atoms with van der Waals surface area (Å²) in [6.07, 6.45) is 0.746. The minimum Gasteiger partial charge on any atom is -0.296 e. The predicted octanol–water partition coefficient (Wildman–Crippen LogP) is 3.28. The Bertz CT molecular complexity index is 449. The summed E-state index contributed by atoms with van der Waals surface area (Å²) in [7, 11) is 0. The van der Waals surface area contributed by atoms with Crippen LogP contribution in [0.1, 0.15) is 10.5 Å². The molecule has 0 N–H and O–H groups in total. The summed E-state index contributed by atoms with van der Waals surface area (Å²) in [4.78, 5) is 14.6. The molecule has 4 heteroatoms. The third-order valence-corrected chi connectivity index (χ3v) is 2.90. The van der Waals surface area contributed by atoms with Crippen molar-refractivity contribution in [2.45, 2.75) is 0 Å². The zero-order valence-corrected chi connectivity index (χ0v) is 8.68. The fourth-order valence-electron chi connectivity index (χ4n) is 1.07. The summed E-state index contributed by atoms with van der Waals surface area (Å²) in [5, 5.41) is 3.27. The van der Waals surface area contributed by atoms with Crippen molar-refractivity contribution in [3.05, 3.63) is 40.4 Å². The first-order valence-corrected chi connectivity index (χ1v) is 5.22. The Morgan fingerprint density at radius 3 is 2.57 bits per heavy atom. The van der Waals surface area contributed by atoms with Gasteiger partial charge in [-0.05, 0) is 12.1 Å². The minimum absolute atomic E-state index is 0.472. The standard InChI is InChI=1S/C10H6ClNOS/c11-8-3-1-7(2-4-8)10-12-9(5-13)6-14-10/h1-6H. The first-order valence-electron chi connectivity index (χ1n) is 3.96. The van der Waals surface area contributed by atoms with Crippen LogP contribution in [0.5, 0.6) is 0 Å². The molecule has 0 aliphatic heterocycles. The highest BCUT2D eigenvalue weighted by Gasteiger charge is 2.03. The molecule has 1 aromatic carbocycles. The van der Waals surface area contributed by atoms with Crippen molar-refractivity contribution in [2.24, 2.45) is 0 Å². The number of aromatic nitrogens is 1. The lowest BCUT2D eigenvalue weighted by molar-refractivity contribution is 0.111. The maximum absolute atomic E-state index is 10.4. The van der Waals surface area contributed by atoms with E-state index in [4.69, 9.17) is 11.6 Å². The Kier molecular flexibility index (Phi) is 2.61. The predicted molar refractivity (Wildman–Crippen MR) is 57.9 cm³/mol. The van der Waals surface area contributed by atoms with Gasteiger partial charge >= 0.3 is 0 Å². The van der Waals surface area contributed by atoms with Crippen molar-refractivity contribution in [3.8, 4) is 10.6 Å². The number of thiazole rings is 1. The Morgan fingerprint density at radius 1 is 1.29 bits per heavy atom. The van der Waals surface area contributed by atoms with Gasteiger partial charge in [-0.2, -0.15) is 0 Å². The van der Waals surface area contributed by atoms with E-state index in [2.05, 4.69) is 4.98 Å². The van der Waals surface area contributed by atoms with Crippen LogP contribution in [-0.2, 0) is 0 Å². The number of benzene rings is 1. The maximum Gasteiger partial charge on any atom is 0.169 e. The SMILES string of the molecule is O=Cc1csc(-c2ccc(Cl)cc2)n1. The van der Waals surface area contributed by atoms with Crippen molar-refractivity contribution in [3.63, 3.8) is 0 Å². The molecule has 0 aliphatic carbocycles. The van der Waals surface area contributed by atoms with E-state index in [9.17, 15) is 4.79 Å². The Balaban J connectivity index is 2.39. The van der Waals surface area contributed by atoms with Gasteiger partial charge < -0.3 is 0 Å². The van der Waals surface area contributed by atoms with Crippen molar-refractivity contribution in [1.29, 1.82) is 0 Å². The van der Waals surface area contributed by atoms with Crippen molar-refractivity contribution < 1.29 is 4.79 Å². The third kappa shape index (κ3) is 1.84. The zero-order chi connectivity index (χ0) is 9.97. The van der Waals surface area contributed by atoms with Gasteiger partial charge in [0.15, 0.2) is 6.29 Å². The largest absolute Gasteiger partial charge is 0.296 e. The van der Waals surface area contributed by atoms with Crippen LogP contribution in [0.25, 0.3) is 10.6 Å². The normalized spacial score (nSPS) is 10.1. The fraction of sp³-hybridized carbons (Fsp3) is 0. The highest BCUT2D eigenvalue weighted by atomic mass is 35.5. The first kappa shape index (κ1) is 9.37. The van der Waals surface area contributed by atoms with Crippen LogP contribution in [0.4, 0.5) is 0 Å². The van der Waals surface area contributed by atoms with Crippen LogP contribution < -0.4 is 0 Å². The number of carbonyl (C=O) groups excluding carboxylic acids is 1. The molecule has 2 nitrogen and oxygen atoms in total. The number of rotatable bonds is 2. The van der Waals surface area contributed by atoms with Crippen LogP contribution >= 0.6 is 22.9 Å². The molecular formula is C10H6ClNOS. The molecule has 0 aliphatic rings. The Hall–Kier alpha value is -1.19. The molecule has 0 fully saturated rings. The molecule has 0 unspecified atom stereocenters. The van der Waals surface area contributed by atoms with Gasteiger partial charge in [0.1, 0.15) is 10.7 Å². The second-order valence-electron chi connectivity index (χ2n) is 2.70. The molecule has 14 heavy (non-hydrogen) atoms. The molecule has 0 saturated carbocycles. The highest BCUT2D eigenvalue weighted by molar-refractivity contribution is 7.13. The number of hydrogen-bond donors (Lipinski definition) is 0. The van der Waals surface area contributed by atoms with Gasteiger partial charge in [-0.15, -0.1) is 11.3 Å². The summed E-state index contributed by atoms with van der Waals surface area (Å²) >= 11 is 7.21. The molecule has 0 bridgehead atoms. The summed E-state index contributed by atoms with van der Waals surface area (Å²) in [5.41, 5.74) is 1.45. The summed E-state index contributed by atoms with van der Waals surface area (Å²) in [6.45, 7) is 0. The van der Waals surface area contributed by atoms with Gasteiger partial charge in [0.25, 0.3) is 0 Å². The van der Waals surface area contributed by atoms with Gasteiger partial charge in [0.2, 0.25) is 0 Å². The van der Waals surface area contributed by atoms with Crippen molar-refractivity contribution >= 4 is 29.2 Å². The highest BCUT2D eigenvalue weighted by Crippen LogP contribution is 2.24. The van der Waals surface area contributed by atoms with Crippen LogP contribution in [0.3, 0.4) is 0 Å². The van der Waals surface area contributed by atoms with E-state index in [1.807, 2.05) is 12.1 Å². The van der Waals surface area contributed by atoms with Crippen LogP contribution in [-0.4, -0.2) is 11.3 Å². The minimum atomic E-state index is 0.472. The number of carbonyl (C=O) groups is 1. The van der Waals surface area contributed by atoms with Gasteiger partial charge in [-0.25, -0.2) is 4.98 Å². The number of nitrogens with zero attached hydrogens (tertiary/aromatic N) is 1. The number of aldehydes is 1. The monoisotopic (exact) mass is 223 g/mol. The number of halogens is 1. The quantitative estimate of drug-likeness (QED) is 0.732. The molecule has 70 valence electrons. The van der Waals surface area contributed by atoms with Crippen molar-refractivity contribution in [2.75, 3.05) is 0 Å². The molecule has 0 atom stereocenters. The van der Waals surface area contributed by atoms with E-state index >= 15 is 0 Å². The van der Waals surface area contributed by atoms with E-state index in [-0.39, 0.29) is 0 Å². The third-order valence-electron chi connectivity index (χ3n) is 1.73. The summed E-state index contributed by atoms with van der Waals surface area (Å²) in [5.74, 6) is 0. The zero-order valence-electron chi connectivity index (χ0n) is 7.11. The number of hydrogen-bond acceptors (Lipinski definition) is 3. The molecular weight excluding hydrogens is 218 g/mol. The van der Waals surface area contributed by atoms with Gasteiger partial charge in [0, 0.05) is 16.0 Å². The Morgan fingerprint density at radius 2 is 2.00 bits per heavy atom. The lowest BCUT2D eigenvalue weighted by Gasteiger charge is -1.94. The van der Waals surface area contributed by atoms with Gasteiger partial charge in [-0.1, -0.05) is 23.7 Å². The van der Waals surface area contributed by atoms with E-state index in [1.54, 1.807) is 17.5 Å². The second-order valence-corrected chi connectivity index (χ2v) is 4.00. The van der Waals surface area contributed by atoms with E-state index in [0.29, 0.717) is 10.7 Å². The molecule has 0 saturated heterocycles. The van der Waals surface area contributed by atoms with E-state index in [1.165, 1.54) is 11.3 Å². The average Bonchev–Trinajstić information content (AvgIpc) is 2.67. The molecule has 2 rings (SSSR count). The topological polar surface area (TPSA) is 30.0 Å². The van der Waals surface area contributed by atoms with E-state index in [0.717, 1.165) is 16.9 Å². The Labute approximate surface area is 90.2 Å². The molecule has 0 amide bonds. The van der Waals surface area contributed by atoms with E-state index < -0.39 is 0 Å². The average molecular weight is 224 g/mol. The first-order chi connectivity index (χ1) is 6.79. The molecule has 0 radical (unpaired) electrons. The summed E-state index contributed by atoms with van der Waals surface area (Å²) in [6, 6.07) is 7.38. The van der Waals surface area contributed by atoms with Crippen molar-refractivity contribution in [1.82, 2.24) is 4.98 Å². The fourth-order valence-corrected chi connectivity index (χ4v) is 1.96. The smallest absolute Gasteiger partial charge is 0.169 e. The second kappa shape index (κ2) is 3.90. The van der Waals surface area contributed by atoms with Gasteiger partial charge in [-0.3, -0.25) is 4.79 Å². The molecule has 0 spiro atoms. The lowest BCUT2D eigenvalue weighted by atomic mass is 10.2.